The molecule has 0 N–H and O–H groups in total. The zero-order chi connectivity index (χ0) is 21.7. The molecule has 0 aliphatic rings. The minimum atomic E-state index is -3.98. The summed E-state index contributed by atoms with van der Waals surface area (Å²) in [6.45, 7) is 4.09. The van der Waals surface area contributed by atoms with E-state index >= 15 is 0 Å². The second kappa shape index (κ2) is 13.4. The number of benzene rings is 2. The Bertz CT molecular complexity index is 729. The van der Waals surface area contributed by atoms with Gasteiger partial charge in [0.25, 0.3) is 0 Å². The molecule has 0 radical (unpaired) electrons. The Labute approximate surface area is 177 Å². The van der Waals surface area contributed by atoms with Crippen molar-refractivity contribution in [2.24, 2.45) is 0 Å². The average Bonchev–Trinajstić information content (AvgIpc) is 2.77. The number of phosphoric ester groups is 1. The van der Waals surface area contributed by atoms with E-state index in [1.54, 1.807) is 0 Å². The lowest BCUT2D eigenvalue weighted by Gasteiger charge is -2.19. The summed E-state index contributed by atoms with van der Waals surface area (Å²) in [5.74, 6) is -0.325. The summed E-state index contributed by atoms with van der Waals surface area (Å²) in [4.78, 5) is 12.3. The van der Waals surface area contributed by atoms with Crippen LogP contribution in [-0.4, -0.2) is 31.9 Å². The van der Waals surface area contributed by atoms with E-state index in [9.17, 15) is 9.36 Å². The summed E-state index contributed by atoms with van der Waals surface area (Å²) >= 11 is 0. The maximum Gasteiger partial charge on any atom is 0.475 e. The highest BCUT2D eigenvalue weighted by Gasteiger charge is 2.29. The molecule has 0 heterocycles. The molecule has 0 unspecified atom stereocenters. The first-order valence-electron chi connectivity index (χ1n) is 9.91. The molecule has 8 heteroatoms. The topological polar surface area (TPSA) is 80.3 Å². The SMILES string of the molecule is CCOC(CC(=O)COP(=O)(OCc1ccccc1)OCc1ccccc1)OCC. The van der Waals surface area contributed by atoms with Gasteiger partial charge in [-0.3, -0.25) is 18.4 Å². The third kappa shape index (κ3) is 9.30. The van der Waals surface area contributed by atoms with Crippen molar-refractivity contribution < 1.29 is 32.4 Å². The molecule has 0 aliphatic carbocycles. The molecule has 0 atom stereocenters. The molecule has 2 rings (SSSR count). The molecular weight excluding hydrogens is 407 g/mol. The van der Waals surface area contributed by atoms with Gasteiger partial charge in [0.15, 0.2) is 12.1 Å². The molecule has 0 aromatic heterocycles. The van der Waals surface area contributed by atoms with Gasteiger partial charge in [0.2, 0.25) is 0 Å². The summed E-state index contributed by atoms with van der Waals surface area (Å²) < 4.78 is 40.2. The van der Waals surface area contributed by atoms with Crippen LogP contribution in [0.2, 0.25) is 0 Å². The van der Waals surface area contributed by atoms with E-state index in [1.165, 1.54) is 0 Å². The van der Waals surface area contributed by atoms with Gasteiger partial charge in [-0.1, -0.05) is 60.7 Å². The molecule has 30 heavy (non-hydrogen) atoms. The van der Waals surface area contributed by atoms with Crippen LogP contribution in [0.3, 0.4) is 0 Å². The number of carbonyl (C=O) groups excluding carboxylic acids is 1. The second-order valence-electron chi connectivity index (χ2n) is 6.32. The fourth-order valence-corrected chi connectivity index (χ4v) is 3.64. The van der Waals surface area contributed by atoms with Gasteiger partial charge in [-0.25, -0.2) is 4.57 Å². The van der Waals surface area contributed by atoms with Gasteiger partial charge in [0, 0.05) is 13.2 Å². The molecule has 0 amide bonds. The predicted molar refractivity (Wildman–Crippen MR) is 113 cm³/mol. The number of ketones is 1. The van der Waals surface area contributed by atoms with Crippen molar-refractivity contribution in [1.82, 2.24) is 0 Å². The lowest BCUT2D eigenvalue weighted by atomic mass is 10.2. The molecule has 0 bridgehead atoms. The van der Waals surface area contributed by atoms with Gasteiger partial charge in [-0.05, 0) is 25.0 Å². The van der Waals surface area contributed by atoms with Crippen LogP contribution in [0, 0.1) is 0 Å². The first kappa shape index (κ1) is 24.4. The van der Waals surface area contributed by atoms with Gasteiger partial charge in [-0.2, -0.15) is 0 Å². The minimum absolute atomic E-state index is 0.0148. The number of carbonyl (C=O) groups is 1. The summed E-state index contributed by atoms with van der Waals surface area (Å²) in [5, 5.41) is 0. The number of phosphoric acid groups is 1. The molecular formula is C22H29O7P. The Balaban J connectivity index is 1.96. The summed E-state index contributed by atoms with van der Waals surface area (Å²) in [6, 6.07) is 18.5. The lowest BCUT2D eigenvalue weighted by molar-refractivity contribution is -0.153. The van der Waals surface area contributed by atoms with Gasteiger partial charge in [0.05, 0.1) is 19.6 Å². The van der Waals surface area contributed by atoms with E-state index in [0.29, 0.717) is 13.2 Å². The van der Waals surface area contributed by atoms with Crippen LogP contribution < -0.4 is 0 Å². The van der Waals surface area contributed by atoms with E-state index in [1.807, 2.05) is 74.5 Å². The van der Waals surface area contributed by atoms with Crippen molar-refractivity contribution in [3.8, 4) is 0 Å². The van der Waals surface area contributed by atoms with Crippen molar-refractivity contribution in [2.45, 2.75) is 39.8 Å². The smallest absolute Gasteiger partial charge is 0.352 e. The maximum atomic E-state index is 13.1. The van der Waals surface area contributed by atoms with Crippen LogP contribution in [0.1, 0.15) is 31.4 Å². The molecule has 164 valence electrons. The number of Topliss-reactive ketones (excluding diaryl/α,β-unsaturated/α-hetero) is 1. The Hall–Kier alpha value is -1.86. The van der Waals surface area contributed by atoms with Crippen LogP contribution in [0.15, 0.2) is 60.7 Å². The zero-order valence-electron chi connectivity index (χ0n) is 17.4. The van der Waals surface area contributed by atoms with Crippen molar-refractivity contribution in [3.63, 3.8) is 0 Å². The Kier molecular flexibility index (Phi) is 10.9. The van der Waals surface area contributed by atoms with E-state index in [-0.39, 0.29) is 25.4 Å². The fraction of sp³-hybridized carbons (Fsp3) is 0.409. The first-order chi connectivity index (χ1) is 14.5. The standard InChI is InChI=1S/C22H29O7P/c1-3-25-22(26-4-2)15-21(23)18-29-30(24,27-16-19-11-7-5-8-12-19)28-17-20-13-9-6-10-14-20/h5-14,22H,3-4,15-18H2,1-2H3. The van der Waals surface area contributed by atoms with Gasteiger partial charge in [0.1, 0.15) is 6.61 Å². The van der Waals surface area contributed by atoms with Gasteiger partial charge < -0.3 is 9.47 Å². The van der Waals surface area contributed by atoms with Crippen LogP contribution in [0.4, 0.5) is 0 Å². The summed E-state index contributed by atoms with van der Waals surface area (Å²) in [5.41, 5.74) is 1.62. The molecule has 2 aromatic carbocycles. The third-order valence-electron chi connectivity index (χ3n) is 3.95. The van der Waals surface area contributed by atoms with Crippen molar-refractivity contribution >= 4 is 13.6 Å². The zero-order valence-corrected chi connectivity index (χ0v) is 18.3. The summed E-state index contributed by atoms with van der Waals surface area (Å²) in [6.07, 6.45) is -0.676. The molecule has 7 nitrogen and oxygen atoms in total. The van der Waals surface area contributed by atoms with Crippen LogP contribution >= 0.6 is 7.82 Å². The third-order valence-corrected chi connectivity index (χ3v) is 5.28. The minimum Gasteiger partial charge on any atom is -0.352 e. The molecule has 0 saturated heterocycles. The summed E-state index contributed by atoms with van der Waals surface area (Å²) in [7, 11) is -3.98. The lowest BCUT2D eigenvalue weighted by Crippen LogP contribution is -2.23. The number of ether oxygens (including phenoxy) is 2. The quantitative estimate of drug-likeness (QED) is 0.290. The molecule has 0 spiro atoms. The van der Waals surface area contributed by atoms with Gasteiger partial charge in [-0.15, -0.1) is 0 Å². The Morgan fingerprint density at radius 1 is 0.800 bits per heavy atom. The van der Waals surface area contributed by atoms with E-state index in [0.717, 1.165) is 11.1 Å². The van der Waals surface area contributed by atoms with Crippen molar-refractivity contribution in [3.05, 3.63) is 71.8 Å². The van der Waals surface area contributed by atoms with Gasteiger partial charge >= 0.3 is 7.82 Å². The first-order valence-corrected chi connectivity index (χ1v) is 11.4. The van der Waals surface area contributed by atoms with E-state index in [4.69, 9.17) is 23.0 Å². The van der Waals surface area contributed by atoms with Crippen LogP contribution in [0.5, 0.6) is 0 Å². The highest BCUT2D eigenvalue weighted by molar-refractivity contribution is 7.48. The monoisotopic (exact) mass is 436 g/mol. The average molecular weight is 436 g/mol. The highest BCUT2D eigenvalue weighted by Crippen LogP contribution is 2.51. The number of hydrogen-bond donors (Lipinski definition) is 0. The maximum absolute atomic E-state index is 13.1. The van der Waals surface area contributed by atoms with E-state index < -0.39 is 20.7 Å². The Morgan fingerprint density at radius 3 is 1.70 bits per heavy atom. The van der Waals surface area contributed by atoms with Crippen molar-refractivity contribution in [2.75, 3.05) is 19.8 Å². The van der Waals surface area contributed by atoms with Crippen LogP contribution in [0.25, 0.3) is 0 Å². The normalized spacial score (nSPS) is 11.7. The molecule has 0 saturated carbocycles. The number of hydrogen-bond acceptors (Lipinski definition) is 7. The molecule has 2 aromatic rings. The fourth-order valence-electron chi connectivity index (χ4n) is 2.50. The number of rotatable bonds is 15. The molecule has 0 fully saturated rings. The van der Waals surface area contributed by atoms with Crippen molar-refractivity contribution in [1.29, 1.82) is 0 Å². The van der Waals surface area contributed by atoms with Crippen LogP contribution in [-0.2, 0) is 45.6 Å². The predicted octanol–water partition coefficient (Wildman–Crippen LogP) is 4.90. The van der Waals surface area contributed by atoms with E-state index in [2.05, 4.69) is 0 Å². The largest absolute Gasteiger partial charge is 0.475 e. The Morgan fingerprint density at radius 2 is 1.27 bits per heavy atom. The molecule has 0 aliphatic heterocycles. The highest BCUT2D eigenvalue weighted by atomic mass is 31.2. The second-order valence-corrected chi connectivity index (χ2v) is 7.99.